The van der Waals surface area contributed by atoms with E-state index in [4.69, 9.17) is 17.3 Å². The lowest BCUT2D eigenvalue weighted by Crippen LogP contribution is -2.29. The predicted molar refractivity (Wildman–Crippen MR) is 81.7 cm³/mol. The van der Waals surface area contributed by atoms with Crippen molar-refractivity contribution in [2.24, 2.45) is 0 Å². The first-order chi connectivity index (χ1) is 9.25. The topological polar surface area (TPSA) is 29.3 Å². The van der Waals surface area contributed by atoms with Gasteiger partial charge in [-0.3, -0.25) is 0 Å². The van der Waals surface area contributed by atoms with Crippen LogP contribution in [0.15, 0.2) is 42.5 Å². The second-order valence-electron chi connectivity index (χ2n) is 4.96. The molecule has 2 N–H and O–H groups in total. The molecule has 3 heteroatoms. The number of nitrogens with two attached hydrogens (primary N) is 1. The Balaban J connectivity index is 1.93. The molecule has 0 fully saturated rings. The van der Waals surface area contributed by atoms with Gasteiger partial charge in [0.15, 0.2) is 0 Å². The fourth-order valence-electron chi connectivity index (χ4n) is 2.71. The number of nitrogen functional groups attached to an aromatic ring is 1. The lowest BCUT2D eigenvalue weighted by Gasteiger charge is -2.32. The van der Waals surface area contributed by atoms with Crippen LogP contribution in [0.25, 0.3) is 0 Å². The highest BCUT2D eigenvalue weighted by atomic mass is 35.5. The van der Waals surface area contributed by atoms with Gasteiger partial charge in [-0.15, -0.1) is 0 Å². The van der Waals surface area contributed by atoms with Crippen LogP contribution < -0.4 is 10.6 Å². The van der Waals surface area contributed by atoms with Gasteiger partial charge >= 0.3 is 0 Å². The number of aryl methyl sites for hydroxylation is 1. The summed E-state index contributed by atoms with van der Waals surface area (Å²) in [5.74, 6) is 0. The molecule has 0 atom stereocenters. The molecule has 0 spiro atoms. The standard InChI is InChI=1S/C16H17ClN2/c17-14-7-3-8-15(18)13(14)11-19-10-4-6-12-5-1-2-9-16(12)19/h1-3,5,7-9H,4,6,10-11,18H2. The summed E-state index contributed by atoms with van der Waals surface area (Å²) in [5.41, 5.74) is 10.6. The highest BCUT2D eigenvalue weighted by molar-refractivity contribution is 6.31. The maximum absolute atomic E-state index is 6.27. The van der Waals surface area contributed by atoms with Gasteiger partial charge in [0, 0.05) is 35.1 Å². The van der Waals surface area contributed by atoms with Gasteiger partial charge in [0.05, 0.1) is 0 Å². The van der Waals surface area contributed by atoms with E-state index in [2.05, 4.69) is 29.2 Å². The second-order valence-corrected chi connectivity index (χ2v) is 5.37. The van der Waals surface area contributed by atoms with Gasteiger partial charge in [-0.05, 0) is 36.6 Å². The number of anilines is 2. The maximum atomic E-state index is 6.27. The van der Waals surface area contributed by atoms with Gasteiger partial charge in [0.2, 0.25) is 0 Å². The number of nitrogens with zero attached hydrogens (tertiary/aromatic N) is 1. The van der Waals surface area contributed by atoms with Gasteiger partial charge < -0.3 is 10.6 Å². The molecule has 0 aromatic heterocycles. The number of hydrogen-bond donors (Lipinski definition) is 1. The van der Waals surface area contributed by atoms with Crippen LogP contribution in [0.2, 0.25) is 5.02 Å². The van der Waals surface area contributed by atoms with Crippen LogP contribution in [-0.2, 0) is 13.0 Å². The first kappa shape index (κ1) is 12.4. The second kappa shape index (κ2) is 5.14. The predicted octanol–water partition coefficient (Wildman–Crippen LogP) is 3.88. The molecular formula is C16H17ClN2. The Morgan fingerprint density at radius 1 is 1.11 bits per heavy atom. The van der Waals surface area contributed by atoms with Crippen molar-refractivity contribution in [3.05, 3.63) is 58.6 Å². The third kappa shape index (κ3) is 2.41. The summed E-state index contributed by atoms with van der Waals surface area (Å²) in [7, 11) is 0. The molecule has 1 heterocycles. The summed E-state index contributed by atoms with van der Waals surface area (Å²) in [6.45, 7) is 1.84. The fourth-order valence-corrected chi connectivity index (χ4v) is 2.95. The molecule has 2 aromatic rings. The largest absolute Gasteiger partial charge is 0.398 e. The number of hydrogen-bond acceptors (Lipinski definition) is 2. The van der Waals surface area contributed by atoms with Crippen LogP contribution in [0, 0.1) is 0 Å². The van der Waals surface area contributed by atoms with Gasteiger partial charge in [-0.25, -0.2) is 0 Å². The Kier molecular flexibility index (Phi) is 3.34. The third-order valence-electron chi connectivity index (χ3n) is 3.71. The van der Waals surface area contributed by atoms with Gasteiger partial charge in [0.1, 0.15) is 0 Å². The molecule has 19 heavy (non-hydrogen) atoms. The Bertz CT molecular complexity index is 575. The molecule has 2 aromatic carbocycles. The van der Waals surface area contributed by atoms with Crippen molar-refractivity contribution in [2.75, 3.05) is 17.2 Å². The minimum absolute atomic E-state index is 0.753. The van der Waals surface area contributed by atoms with E-state index in [1.54, 1.807) is 0 Å². The monoisotopic (exact) mass is 272 g/mol. The average molecular weight is 273 g/mol. The van der Waals surface area contributed by atoms with Crippen LogP contribution in [0.4, 0.5) is 11.4 Å². The zero-order valence-corrected chi connectivity index (χ0v) is 11.5. The van der Waals surface area contributed by atoms with E-state index in [9.17, 15) is 0 Å². The molecule has 0 unspecified atom stereocenters. The molecular weight excluding hydrogens is 256 g/mol. The number of rotatable bonds is 2. The van der Waals surface area contributed by atoms with Crippen molar-refractivity contribution < 1.29 is 0 Å². The van der Waals surface area contributed by atoms with E-state index < -0.39 is 0 Å². The molecule has 1 aliphatic rings. The lowest BCUT2D eigenvalue weighted by atomic mass is 10.0. The molecule has 0 saturated heterocycles. The molecule has 2 nitrogen and oxygen atoms in total. The van der Waals surface area contributed by atoms with E-state index in [0.717, 1.165) is 35.8 Å². The van der Waals surface area contributed by atoms with Gasteiger partial charge in [0.25, 0.3) is 0 Å². The van der Waals surface area contributed by atoms with Gasteiger partial charge in [-0.2, -0.15) is 0 Å². The normalized spacial score (nSPS) is 14.3. The van der Waals surface area contributed by atoms with Crippen LogP contribution in [0.5, 0.6) is 0 Å². The van der Waals surface area contributed by atoms with E-state index >= 15 is 0 Å². The smallest absolute Gasteiger partial charge is 0.0476 e. The van der Waals surface area contributed by atoms with E-state index in [0.29, 0.717) is 0 Å². The van der Waals surface area contributed by atoms with Crippen molar-refractivity contribution in [1.29, 1.82) is 0 Å². The molecule has 3 rings (SSSR count). The quantitative estimate of drug-likeness (QED) is 0.841. The van der Waals surface area contributed by atoms with Crippen molar-refractivity contribution in [2.45, 2.75) is 19.4 Å². The van der Waals surface area contributed by atoms with E-state index in [1.165, 1.54) is 17.7 Å². The SMILES string of the molecule is Nc1cccc(Cl)c1CN1CCCc2ccccc21. The first-order valence-electron chi connectivity index (χ1n) is 6.61. The first-order valence-corrected chi connectivity index (χ1v) is 6.99. The molecule has 0 bridgehead atoms. The van der Waals surface area contributed by atoms with Crippen LogP contribution >= 0.6 is 11.6 Å². The molecule has 0 amide bonds. The maximum Gasteiger partial charge on any atom is 0.0476 e. The number of benzene rings is 2. The Labute approximate surface area is 118 Å². The minimum Gasteiger partial charge on any atom is -0.398 e. The average Bonchev–Trinajstić information content (AvgIpc) is 2.43. The van der Waals surface area contributed by atoms with E-state index in [-0.39, 0.29) is 0 Å². The van der Waals surface area contributed by atoms with Crippen LogP contribution in [0.1, 0.15) is 17.5 Å². The molecule has 1 aliphatic heterocycles. The molecule has 0 radical (unpaired) electrons. The highest BCUT2D eigenvalue weighted by Gasteiger charge is 2.18. The van der Waals surface area contributed by atoms with Crippen LogP contribution in [-0.4, -0.2) is 6.54 Å². The summed E-state index contributed by atoms with van der Waals surface area (Å²) in [4.78, 5) is 2.37. The number of para-hydroxylation sites is 1. The summed E-state index contributed by atoms with van der Waals surface area (Å²) < 4.78 is 0. The lowest BCUT2D eigenvalue weighted by molar-refractivity contribution is 0.692. The summed E-state index contributed by atoms with van der Waals surface area (Å²) in [5, 5.41) is 0.753. The number of fused-ring (bicyclic) bond motifs is 1. The third-order valence-corrected chi connectivity index (χ3v) is 4.06. The number of halogens is 1. The zero-order chi connectivity index (χ0) is 13.2. The zero-order valence-electron chi connectivity index (χ0n) is 10.8. The van der Waals surface area contributed by atoms with Crippen molar-refractivity contribution in [3.8, 4) is 0 Å². The molecule has 0 aliphatic carbocycles. The Hall–Kier alpha value is -1.67. The molecule has 0 saturated carbocycles. The van der Waals surface area contributed by atoms with Crippen molar-refractivity contribution in [1.82, 2.24) is 0 Å². The molecule has 98 valence electrons. The fraction of sp³-hybridized carbons (Fsp3) is 0.250. The highest BCUT2D eigenvalue weighted by Crippen LogP contribution is 2.31. The minimum atomic E-state index is 0.753. The summed E-state index contributed by atoms with van der Waals surface area (Å²) in [6, 6.07) is 14.3. The Morgan fingerprint density at radius 2 is 1.95 bits per heavy atom. The Morgan fingerprint density at radius 3 is 2.79 bits per heavy atom. The van der Waals surface area contributed by atoms with Gasteiger partial charge in [-0.1, -0.05) is 35.9 Å². The van der Waals surface area contributed by atoms with E-state index in [1.807, 2.05) is 18.2 Å². The summed E-state index contributed by atoms with van der Waals surface area (Å²) >= 11 is 6.27. The van der Waals surface area contributed by atoms with Crippen molar-refractivity contribution in [3.63, 3.8) is 0 Å². The summed E-state index contributed by atoms with van der Waals surface area (Å²) in [6.07, 6.45) is 2.34. The van der Waals surface area contributed by atoms with Crippen molar-refractivity contribution >= 4 is 23.0 Å². The van der Waals surface area contributed by atoms with Crippen LogP contribution in [0.3, 0.4) is 0 Å².